The molecule has 2 heteroatoms. The van der Waals surface area contributed by atoms with Crippen LogP contribution in [-0.4, -0.2) is 11.5 Å². The molecule has 1 saturated heterocycles. The number of hydrogen-bond donors (Lipinski definition) is 0. The third-order valence-corrected chi connectivity index (χ3v) is 7.34. The maximum absolute atomic E-state index is 2.17. The first kappa shape index (κ1) is 8.58. The molecule has 0 spiro atoms. The lowest BCUT2D eigenvalue weighted by Crippen LogP contribution is -2.05. The van der Waals surface area contributed by atoms with Crippen LogP contribution < -0.4 is 0 Å². The van der Waals surface area contributed by atoms with Gasteiger partial charge in [0.25, 0.3) is 0 Å². The summed E-state index contributed by atoms with van der Waals surface area (Å²) in [5, 5.41) is 0. The summed E-state index contributed by atoms with van der Waals surface area (Å²) in [5.41, 5.74) is 1.95. The highest BCUT2D eigenvalue weighted by atomic mass is 32.2. The summed E-state index contributed by atoms with van der Waals surface area (Å²) in [7, 11) is 0. The first-order valence-electron chi connectivity index (χ1n) is 5.93. The highest BCUT2D eigenvalue weighted by Crippen LogP contribution is 2.68. The van der Waals surface area contributed by atoms with Crippen LogP contribution in [0.3, 0.4) is 0 Å². The van der Waals surface area contributed by atoms with Gasteiger partial charge < -0.3 is 0 Å². The molecule has 4 unspecified atom stereocenters. The van der Waals surface area contributed by atoms with E-state index in [9.17, 15) is 0 Å². The molecule has 76 valence electrons. The zero-order valence-electron chi connectivity index (χ0n) is 8.37. The van der Waals surface area contributed by atoms with E-state index < -0.39 is 0 Å². The van der Waals surface area contributed by atoms with E-state index in [0.29, 0.717) is 0 Å². The first-order chi connectivity index (χ1) is 6.93. The van der Waals surface area contributed by atoms with Crippen LogP contribution >= 0.6 is 23.5 Å². The standard InChI is InChI=1S/C12H16S2/c1-2-13-12(14-3-1)11-9-5-7-4-8(9)6-10(7)11/h7-10H,1-6H2. The Hall–Kier alpha value is 0.440. The summed E-state index contributed by atoms with van der Waals surface area (Å²) in [6, 6.07) is 0. The van der Waals surface area contributed by atoms with E-state index in [2.05, 4.69) is 23.5 Å². The van der Waals surface area contributed by atoms with E-state index in [0.717, 1.165) is 23.7 Å². The molecule has 0 aromatic heterocycles. The van der Waals surface area contributed by atoms with Crippen LogP contribution in [0.2, 0.25) is 0 Å². The van der Waals surface area contributed by atoms with Crippen LogP contribution in [0.1, 0.15) is 25.7 Å². The molecule has 4 bridgehead atoms. The van der Waals surface area contributed by atoms with Crippen molar-refractivity contribution in [3.63, 3.8) is 0 Å². The minimum atomic E-state index is 1.05. The van der Waals surface area contributed by atoms with Crippen molar-refractivity contribution < 1.29 is 0 Å². The van der Waals surface area contributed by atoms with Gasteiger partial charge in [-0.1, -0.05) is 0 Å². The van der Waals surface area contributed by atoms with Gasteiger partial charge in [-0.3, -0.25) is 0 Å². The van der Waals surface area contributed by atoms with Crippen LogP contribution in [0, 0.1) is 23.7 Å². The van der Waals surface area contributed by atoms with Gasteiger partial charge in [0.2, 0.25) is 0 Å². The van der Waals surface area contributed by atoms with Gasteiger partial charge in [0.15, 0.2) is 0 Å². The predicted octanol–water partition coefficient (Wildman–Crippen LogP) is 3.74. The van der Waals surface area contributed by atoms with Crippen molar-refractivity contribution in [1.82, 2.24) is 0 Å². The molecule has 14 heavy (non-hydrogen) atoms. The van der Waals surface area contributed by atoms with Gasteiger partial charge in [0.05, 0.1) is 0 Å². The van der Waals surface area contributed by atoms with Crippen molar-refractivity contribution in [2.24, 2.45) is 23.7 Å². The van der Waals surface area contributed by atoms with Crippen LogP contribution in [0.25, 0.3) is 0 Å². The largest absolute Gasteiger partial charge is 0.119 e. The fraction of sp³-hybridized carbons (Fsp3) is 0.833. The third-order valence-electron chi connectivity index (χ3n) is 4.65. The fourth-order valence-corrected chi connectivity index (χ4v) is 7.12. The van der Waals surface area contributed by atoms with Gasteiger partial charge in [0.1, 0.15) is 0 Å². The molecule has 5 aliphatic rings. The van der Waals surface area contributed by atoms with Gasteiger partial charge >= 0.3 is 0 Å². The zero-order chi connectivity index (χ0) is 9.12. The fourth-order valence-electron chi connectivity index (χ4n) is 4.21. The Balaban J connectivity index is 1.73. The van der Waals surface area contributed by atoms with Crippen LogP contribution in [-0.2, 0) is 0 Å². The molecular weight excluding hydrogens is 208 g/mol. The van der Waals surface area contributed by atoms with E-state index in [4.69, 9.17) is 0 Å². The van der Waals surface area contributed by atoms with E-state index in [1.807, 2.05) is 5.57 Å². The average molecular weight is 224 g/mol. The van der Waals surface area contributed by atoms with Gasteiger partial charge in [-0.15, -0.1) is 23.5 Å². The van der Waals surface area contributed by atoms with Gasteiger partial charge in [-0.05, 0) is 66.4 Å². The lowest BCUT2D eigenvalue weighted by Gasteiger charge is -2.21. The molecule has 0 nitrogen and oxygen atoms in total. The second-order valence-corrected chi connectivity index (χ2v) is 7.70. The Morgan fingerprint density at radius 2 is 1.50 bits per heavy atom. The quantitative estimate of drug-likeness (QED) is 0.615. The summed E-state index contributed by atoms with van der Waals surface area (Å²) in [6.45, 7) is 0. The highest BCUT2D eigenvalue weighted by molar-refractivity contribution is 8.22. The van der Waals surface area contributed by atoms with Gasteiger partial charge in [-0.25, -0.2) is 0 Å². The molecule has 5 fully saturated rings. The van der Waals surface area contributed by atoms with Gasteiger partial charge in [0, 0.05) is 4.24 Å². The van der Waals surface area contributed by atoms with E-state index in [1.165, 1.54) is 17.9 Å². The normalized spacial score (nSPS) is 49.7. The van der Waals surface area contributed by atoms with Crippen molar-refractivity contribution in [2.45, 2.75) is 25.7 Å². The second-order valence-electron chi connectivity index (χ2n) is 5.23. The molecule has 0 N–H and O–H groups in total. The average Bonchev–Trinajstić information content (AvgIpc) is 2.91. The zero-order valence-corrected chi connectivity index (χ0v) is 10.0. The third kappa shape index (κ3) is 0.996. The second kappa shape index (κ2) is 2.98. The topological polar surface area (TPSA) is 0 Å². The Morgan fingerprint density at radius 1 is 0.857 bits per heavy atom. The van der Waals surface area contributed by atoms with Crippen molar-refractivity contribution in [1.29, 1.82) is 0 Å². The highest BCUT2D eigenvalue weighted by Gasteiger charge is 2.57. The number of rotatable bonds is 0. The lowest BCUT2D eigenvalue weighted by molar-refractivity contribution is 0.457. The molecule has 1 heterocycles. The Labute approximate surface area is 94.3 Å². The SMILES string of the molecule is C1CSC(=C2C3CC4CC3CC24)SC1. The summed E-state index contributed by atoms with van der Waals surface area (Å²) in [5.74, 6) is 7.13. The van der Waals surface area contributed by atoms with Crippen molar-refractivity contribution in [3.05, 3.63) is 9.81 Å². The van der Waals surface area contributed by atoms with Crippen LogP contribution in [0.4, 0.5) is 0 Å². The molecule has 0 aromatic rings. The molecule has 0 radical (unpaired) electrons. The Kier molecular flexibility index (Phi) is 1.82. The molecule has 4 aliphatic carbocycles. The smallest absolute Gasteiger partial charge is 0.0398 e. The maximum Gasteiger partial charge on any atom is 0.0398 e. The van der Waals surface area contributed by atoms with Crippen molar-refractivity contribution >= 4 is 23.5 Å². The molecule has 5 rings (SSSR count). The van der Waals surface area contributed by atoms with Crippen molar-refractivity contribution in [2.75, 3.05) is 11.5 Å². The van der Waals surface area contributed by atoms with Crippen LogP contribution in [0.15, 0.2) is 9.81 Å². The molecule has 4 atom stereocenters. The van der Waals surface area contributed by atoms with E-state index in [1.54, 1.807) is 23.5 Å². The van der Waals surface area contributed by atoms with Crippen molar-refractivity contribution in [3.8, 4) is 0 Å². The van der Waals surface area contributed by atoms with Gasteiger partial charge in [-0.2, -0.15) is 0 Å². The minimum Gasteiger partial charge on any atom is -0.119 e. The number of thioether (sulfide) groups is 2. The molecule has 0 amide bonds. The summed E-state index contributed by atoms with van der Waals surface area (Å²) < 4.78 is 1.77. The summed E-state index contributed by atoms with van der Waals surface area (Å²) in [4.78, 5) is 0. The minimum absolute atomic E-state index is 1.05. The number of hydrogen-bond acceptors (Lipinski definition) is 2. The Morgan fingerprint density at radius 3 is 2.07 bits per heavy atom. The summed E-state index contributed by atoms with van der Waals surface area (Å²) in [6.07, 6.45) is 6.14. The van der Waals surface area contributed by atoms with E-state index in [-0.39, 0.29) is 0 Å². The first-order valence-corrected chi connectivity index (χ1v) is 7.90. The molecular formula is C12H16S2. The Bertz CT molecular complexity index is 281. The monoisotopic (exact) mass is 224 g/mol. The molecule has 0 aromatic carbocycles. The predicted molar refractivity (Wildman–Crippen MR) is 64.4 cm³/mol. The lowest BCUT2D eigenvalue weighted by atomic mass is 9.96. The number of allylic oxidation sites excluding steroid dienone is 1. The van der Waals surface area contributed by atoms with Crippen LogP contribution in [0.5, 0.6) is 0 Å². The van der Waals surface area contributed by atoms with E-state index >= 15 is 0 Å². The maximum atomic E-state index is 2.17. The summed E-state index contributed by atoms with van der Waals surface area (Å²) >= 11 is 4.35. The molecule has 4 saturated carbocycles. The molecule has 1 aliphatic heterocycles.